The highest BCUT2D eigenvalue weighted by molar-refractivity contribution is 8.18. The van der Waals surface area contributed by atoms with Crippen LogP contribution >= 0.6 is 23.4 Å². The van der Waals surface area contributed by atoms with Gasteiger partial charge in [0.2, 0.25) is 0 Å². The molecule has 1 aliphatic heterocycles. The van der Waals surface area contributed by atoms with Crippen molar-refractivity contribution in [3.8, 4) is 11.5 Å². The lowest BCUT2D eigenvalue weighted by Gasteiger charge is -2.12. The molecule has 1 saturated heterocycles. The average molecular weight is 469 g/mol. The van der Waals surface area contributed by atoms with Crippen LogP contribution in [0.2, 0.25) is 5.02 Å². The first-order valence-corrected chi connectivity index (χ1v) is 10.8. The lowest BCUT2D eigenvalue weighted by molar-refractivity contribution is -0.115. The lowest BCUT2D eigenvalue weighted by atomic mass is 10.2. The fourth-order valence-electron chi connectivity index (χ4n) is 2.93. The monoisotopic (exact) mass is 468 g/mol. The second-order valence-electron chi connectivity index (χ2n) is 6.75. The molecule has 0 aromatic heterocycles. The molecular weight excluding hydrogens is 451 g/mol. The highest BCUT2D eigenvalue weighted by atomic mass is 35.5. The van der Waals surface area contributed by atoms with E-state index in [1.165, 1.54) is 24.9 Å². The Bertz CT molecular complexity index is 1210. The van der Waals surface area contributed by atoms with Crippen LogP contribution in [0.4, 0.5) is 10.1 Å². The van der Waals surface area contributed by atoms with Crippen LogP contribution in [-0.2, 0) is 11.4 Å². The number of rotatable bonds is 6. The maximum absolute atomic E-state index is 13.8. The van der Waals surface area contributed by atoms with Gasteiger partial charge < -0.3 is 14.8 Å². The Morgan fingerprint density at radius 2 is 1.88 bits per heavy atom. The Kier molecular flexibility index (Phi) is 6.78. The van der Waals surface area contributed by atoms with Crippen molar-refractivity contribution < 1.29 is 18.7 Å². The van der Waals surface area contributed by atoms with Gasteiger partial charge >= 0.3 is 0 Å². The van der Waals surface area contributed by atoms with E-state index in [1.54, 1.807) is 66.7 Å². The standard InChI is InChI=1S/C24H18ClFN2O3S/c1-30-21-12-15(6-11-20(21)31-14-16-4-2-3-5-19(16)26)13-22-23(29)28-24(32-22)27-18-9-7-17(25)8-10-18/h2-13H,14H2,1H3,(H,27,28,29)/b22-13-. The SMILES string of the molecule is COc1cc(/C=C2\SC(=Nc3ccc(Cl)cc3)NC2=O)ccc1OCc1ccccc1F. The molecule has 1 N–H and O–H groups in total. The summed E-state index contributed by atoms with van der Waals surface area (Å²) in [5, 5.41) is 3.86. The summed E-state index contributed by atoms with van der Waals surface area (Å²) in [6.07, 6.45) is 1.74. The minimum atomic E-state index is -0.326. The fraction of sp³-hybridized carbons (Fsp3) is 0.0833. The van der Waals surface area contributed by atoms with Gasteiger partial charge in [0.1, 0.15) is 12.4 Å². The molecule has 0 bridgehead atoms. The number of halogens is 2. The number of thioether (sulfide) groups is 1. The highest BCUT2D eigenvalue weighted by Gasteiger charge is 2.24. The number of hydrogen-bond donors (Lipinski definition) is 1. The van der Waals surface area contributed by atoms with Crippen LogP contribution in [0.15, 0.2) is 76.6 Å². The number of nitrogens with one attached hydrogen (secondary N) is 1. The second-order valence-corrected chi connectivity index (χ2v) is 8.22. The smallest absolute Gasteiger partial charge is 0.264 e. The van der Waals surface area contributed by atoms with Crippen molar-refractivity contribution in [1.29, 1.82) is 0 Å². The molecule has 0 saturated carbocycles. The van der Waals surface area contributed by atoms with Crippen LogP contribution < -0.4 is 14.8 Å². The van der Waals surface area contributed by atoms with Crippen molar-refractivity contribution in [3.05, 3.63) is 93.6 Å². The van der Waals surface area contributed by atoms with Crippen molar-refractivity contribution in [1.82, 2.24) is 5.32 Å². The fourth-order valence-corrected chi connectivity index (χ4v) is 3.90. The third-order valence-corrected chi connectivity index (χ3v) is 5.70. The molecule has 1 heterocycles. The van der Waals surface area contributed by atoms with Crippen LogP contribution in [0.3, 0.4) is 0 Å². The van der Waals surface area contributed by atoms with E-state index < -0.39 is 0 Å². The number of ether oxygens (including phenoxy) is 2. The predicted octanol–water partition coefficient (Wildman–Crippen LogP) is 5.96. The number of amidine groups is 1. The van der Waals surface area contributed by atoms with Crippen molar-refractivity contribution >= 4 is 46.2 Å². The third-order valence-electron chi connectivity index (χ3n) is 4.53. The normalized spacial score (nSPS) is 15.8. The molecule has 0 unspecified atom stereocenters. The summed E-state index contributed by atoms with van der Waals surface area (Å²) >= 11 is 7.13. The number of carbonyl (C=O) groups excluding carboxylic acids is 1. The topological polar surface area (TPSA) is 59.9 Å². The van der Waals surface area contributed by atoms with Crippen LogP contribution in [0, 0.1) is 5.82 Å². The van der Waals surface area contributed by atoms with Gasteiger partial charge in [-0.1, -0.05) is 35.9 Å². The summed E-state index contributed by atoms with van der Waals surface area (Å²) in [7, 11) is 1.52. The van der Waals surface area contributed by atoms with Gasteiger partial charge in [0, 0.05) is 10.6 Å². The largest absolute Gasteiger partial charge is 0.493 e. The second kappa shape index (κ2) is 9.89. The van der Waals surface area contributed by atoms with E-state index in [2.05, 4.69) is 10.3 Å². The molecule has 0 aliphatic carbocycles. The summed E-state index contributed by atoms with van der Waals surface area (Å²) in [5.41, 5.74) is 1.90. The van der Waals surface area contributed by atoms with E-state index in [9.17, 15) is 9.18 Å². The van der Waals surface area contributed by atoms with Gasteiger partial charge in [0.25, 0.3) is 5.91 Å². The summed E-state index contributed by atoms with van der Waals surface area (Å²) < 4.78 is 25.0. The first-order valence-electron chi connectivity index (χ1n) is 9.61. The van der Waals surface area contributed by atoms with Gasteiger partial charge in [-0.3, -0.25) is 4.79 Å². The Morgan fingerprint density at radius 3 is 2.62 bits per heavy atom. The van der Waals surface area contributed by atoms with Gasteiger partial charge in [-0.15, -0.1) is 0 Å². The maximum atomic E-state index is 13.8. The van der Waals surface area contributed by atoms with E-state index >= 15 is 0 Å². The van der Waals surface area contributed by atoms with Gasteiger partial charge in [-0.05, 0) is 65.9 Å². The molecular formula is C24H18ClFN2O3S. The number of methoxy groups -OCH3 is 1. The highest BCUT2D eigenvalue weighted by Crippen LogP contribution is 2.33. The molecule has 4 rings (SSSR count). The molecule has 5 nitrogen and oxygen atoms in total. The zero-order valence-corrected chi connectivity index (χ0v) is 18.5. The maximum Gasteiger partial charge on any atom is 0.264 e. The van der Waals surface area contributed by atoms with Gasteiger partial charge in [0.05, 0.1) is 17.7 Å². The van der Waals surface area contributed by atoms with E-state index in [4.69, 9.17) is 21.1 Å². The quantitative estimate of drug-likeness (QED) is 0.453. The predicted molar refractivity (Wildman–Crippen MR) is 126 cm³/mol. The van der Waals surface area contributed by atoms with Crippen molar-refractivity contribution in [2.75, 3.05) is 7.11 Å². The van der Waals surface area contributed by atoms with Crippen LogP contribution in [0.5, 0.6) is 11.5 Å². The molecule has 1 amide bonds. The number of nitrogens with zero attached hydrogens (tertiary/aromatic N) is 1. The lowest BCUT2D eigenvalue weighted by Crippen LogP contribution is -2.19. The summed E-state index contributed by atoms with van der Waals surface area (Å²) in [4.78, 5) is 17.3. The Balaban J connectivity index is 1.49. The van der Waals surface area contributed by atoms with E-state index in [0.29, 0.717) is 37.8 Å². The number of amides is 1. The van der Waals surface area contributed by atoms with Crippen LogP contribution in [-0.4, -0.2) is 18.2 Å². The van der Waals surface area contributed by atoms with E-state index in [0.717, 1.165) is 5.56 Å². The molecule has 0 spiro atoms. The Morgan fingerprint density at radius 1 is 1.09 bits per heavy atom. The number of hydrogen-bond acceptors (Lipinski definition) is 5. The van der Waals surface area contributed by atoms with Crippen molar-refractivity contribution in [2.24, 2.45) is 4.99 Å². The molecule has 162 valence electrons. The molecule has 0 atom stereocenters. The number of carbonyl (C=O) groups is 1. The minimum absolute atomic E-state index is 0.0756. The van der Waals surface area contributed by atoms with E-state index in [1.807, 2.05) is 0 Å². The van der Waals surface area contributed by atoms with Gasteiger partial charge in [-0.2, -0.15) is 0 Å². The molecule has 1 fully saturated rings. The molecule has 32 heavy (non-hydrogen) atoms. The zero-order chi connectivity index (χ0) is 22.5. The molecule has 0 radical (unpaired) electrons. The number of aliphatic imine (C=N–C) groups is 1. The zero-order valence-electron chi connectivity index (χ0n) is 17.0. The van der Waals surface area contributed by atoms with Gasteiger partial charge in [0.15, 0.2) is 16.7 Å². The van der Waals surface area contributed by atoms with Crippen LogP contribution in [0.25, 0.3) is 6.08 Å². The van der Waals surface area contributed by atoms with Crippen molar-refractivity contribution in [2.45, 2.75) is 6.61 Å². The molecule has 1 aliphatic rings. The summed E-state index contributed by atoms with van der Waals surface area (Å²) in [5.74, 6) is 0.398. The summed E-state index contributed by atoms with van der Waals surface area (Å²) in [6.45, 7) is 0.0756. The first kappa shape index (κ1) is 21.9. The summed E-state index contributed by atoms with van der Waals surface area (Å²) in [6, 6.07) is 18.7. The Labute approximate surface area is 193 Å². The van der Waals surface area contributed by atoms with E-state index in [-0.39, 0.29) is 18.3 Å². The number of benzene rings is 3. The van der Waals surface area contributed by atoms with Crippen LogP contribution in [0.1, 0.15) is 11.1 Å². The molecule has 8 heteroatoms. The minimum Gasteiger partial charge on any atom is -0.493 e. The first-order chi connectivity index (χ1) is 15.5. The molecule has 3 aromatic carbocycles. The van der Waals surface area contributed by atoms with Crippen molar-refractivity contribution in [3.63, 3.8) is 0 Å². The molecule has 3 aromatic rings. The van der Waals surface area contributed by atoms with Gasteiger partial charge in [-0.25, -0.2) is 9.38 Å². The Hall–Kier alpha value is -3.29. The third kappa shape index (κ3) is 5.30. The average Bonchev–Trinajstić information content (AvgIpc) is 3.13.